The number of methoxy groups -OCH3 is 1. The van der Waals surface area contributed by atoms with E-state index in [4.69, 9.17) is 27.9 Å². The molecule has 3 aromatic rings. The van der Waals surface area contributed by atoms with Crippen LogP contribution in [-0.2, 0) is 0 Å². The fourth-order valence-corrected chi connectivity index (χ4v) is 2.57. The van der Waals surface area contributed by atoms with Crippen molar-refractivity contribution in [2.24, 2.45) is 0 Å². The molecule has 3 rings (SSSR count). The van der Waals surface area contributed by atoms with E-state index in [0.717, 1.165) is 0 Å². The number of amides is 1. The number of hydrogen-bond donors (Lipinski definition) is 2. The molecule has 1 amide bonds. The molecule has 0 atom stereocenters. The van der Waals surface area contributed by atoms with Crippen LogP contribution >= 0.6 is 23.2 Å². The van der Waals surface area contributed by atoms with Gasteiger partial charge in [-0.1, -0.05) is 29.3 Å². The Morgan fingerprint density at radius 3 is 2.65 bits per heavy atom. The van der Waals surface area contributed by atoms with Gasteiger partial charge >= 0.3 is 0 Å². The summed E-state index contributed by atoms with van der Waals surface area (Å²) in [4.78, 5) is 20.7. The Labute approximate surface area is 160 Å². The van der Waals surface area contributed by atoms with Gasteiger partial charge in [-0.25, -0.2) is 9.97 Å². The van der Waals surface area contributed by atoms with E-state index in [1.165, 1.54) is 12.3 Å². The number of nitrogens with one attached hydrogen (secondary N) is 2. The van der Waals surface area contributed by atoms with Gasteiger partial charge < -0.3 is 15.4 Å². The number of carbonyl (C=O) groups is 1. The van der Waals surface area contributed by atoms with Crippen molar-refractivity contribution in [3.05, 3.63) is 70.5 Å². The van der Waals surface area contributed by atoms with Crippen LogP contribution in [0.2, 0.25) is 10.0 Å². The van der Waals surface area contributed by atoms with Gasteiger partial charge in [0.25, 0.3) is 5.91 Å². The first kappa shape index (κ1) is 18.0. The minimum atomic E-state index is -0.379. The van der Waals surface area contributed by atoms with Gasteiger partial charge in [0, 0.05) is 21.9 Å². The maximum absolute atomic E-state index is 12.4. The molecule has 132 valence electrons. The van der Waals surface area contributed by atoms with Crippen LogP contribution in [0.25, 0.3) is 0 Å². The summed E-state index contributed by atoms with van der Waals surface area (Å²) in [5.41, 5.74) is 1.36. The maximum Gasteiger partial charge on any atom is 0.274 e. The minimum Gasteiger partial charge on any atom is -0.495 e. The molecule has 1 aromatic heterocycles. The van der Waals surface area contributed by atoms with E-state index >= 15 is 0 Å². The van der Waals surface area contributed by atoms with Crippen LogP contribution < -0.4 is 15.4 Å². The molecule has 2 N–H and O–H groups in total. The highest BCUT2D eigenvalue weighted by Gasteiger charge is 2.11. The predicted molar refractivity (Wildman–Crippen MR) is 103 cm³/mol. The van der Waals surface area contributed by atoms with Crippen molar-refractivity contribution in [1.82, 2.24) is 9.97 Å². The van der Waals surface area contributed by atoms with Crippen molar-refractivity contribution in [3.8, 4) is 5.75 Å². The van der Waals surface area contributed by atoms with Crippen LogP contribution in [0.15, 0.2) is 54.7 Å². The highest BCUT2D eigenvalue weighted by molar-refractivity contribution is 6.31. The third-order valence-electron chi connectivity index (χ3n) is 3.38. The van der Waals surface area contributed by atoms with E-state index in [1.807, 2.05) is 0 Å². The fraction of sp³-hybridized carbons (Fsp3) is 0.0556. The third-order valence-corrected chi connectivity index (χ3v) is 3.85. The maximum atomic E-state index is 12.4. The molecular formula is C18H14Cl2N4O2. The molecule has 0 unspecified atom stereocenters. The molecule has 26 heavy (non-hydrogen) atoms. The summed E-state index contributed by atoms with van der Waals surface area (Å²) in [5.74, 6) is 0.437. The number of anilines is 3. The van der Waals surface area contributed by atoms with Crippen LogP contribution in [0.5, 0.6) is 5.75 Å². The number of aromatic nitrogens is 2. The van der Waals surface area contributed by atoms with Crippen LogP contribution in [0, 0.1) is 0 Å². The Balaban J connectivity index is 1.80. The third kappa shape index (κ3) is 4.41. The van der Waals surface area contributed by atoms with E-state index in [9.17, 15) is 4.79 Å². The molecule has 8 heteroatoms. The lowest BCUT2D eigenvalue weighted by Crippen LogP contribution is -2.14. The van der Waals surface area contributed by atoms with Crippen molar-refractivity contribution >= 4 is 46.4 Å². The monoisotopic (exact) mass is 388 g/mol. The molecular weight excluding hydrogens is 375 g/mol. The van der Waals surface area contributed by atoms with Gasteiger partial charge in [0.15, 0.2) is 0 Å². The van der Waals surface area contributed by atoms with Gasteiger partial charge in [0.1, 0.15) is 11.4 Å². The summed E-state index contributed by atoms with van der Waals surface area (Å²) >= 11 is 11.9. The Hall–Kier alpha value is -2.83. The fourth-order valence-electron chi connectivity index (χ4n) is 2.21. The standard InChI is InChI=1S/C18H14Cl2N4O2/c1-26-16-6-5-12(20)10-15(16)24-18-21-8-7-14(23-18)17(25)22-13-4-2-3-11(19)9-13/h2-10H,1H3,(H,22,25)(H,21,23,24). The lowest BCUT2D eigenvalue weighted by Gasteiger charge is -2.11. The SMILES string of the molecule is COc1ccc(Cl)cc1Nc1nccc(C(=O)Nc2cccc(Cl)c2)n1. The van der Waals surface area contributed by atoms with E-state index < -0.39 is 0 Å². The van der Waals surface area contributed by atoms with Crippen molar-refractivity contribution < 1.29 is 9.53 Å². The molecule has 6 nitrogen and oxygen atoms in total. The summed E-state index contributed by atoms with van der Waals surface area (Å²) in [6.07, 6.45) is 1.49. The predicted octanol–water partition coefficient (Wildman–Crippen LogP) is 4.79. The second kappa shape index (κ2) is 8.03. The molecule has 0 bridgehead atoms. The lowest BCUT2D eigenvalue weighted by molar-refractivity contribution is 0.102. The lowest BCUT2D eigenvalue weighted by atomic mass is 10.3. The smallest absolute Gasteiger partial charge is 0.274 e. The van der Waals surface area contributed by atoms with Crippen molar-refractivity contribution in [3.63, 3.8) is 0 Å². The number of halogens is 2. The molecule has 0 spiro atoms. The van der Waals surface area contributed by atoms with Crippen LogP contribution in [-0.4, -0.2) is 23.0 Å². The van der Waals surface area contributed by atoms with Crippen molar-refractivity contribution in [1.29, 1.82) is 0 Å². The van der Waals surface area contributed by atoms with Crippen LogP contribution in [0.1, 0.15) is 10.5 Å². The first-order valence-electron chi connectivity index (χ1n) is 7.55. The zero-order valence-corrected chi connectivity index (χ0v) is 15.2. The van der Waals surface area contributed by atoms with Crippen molar-refractivity contribution in [2.45, 2.75) is 0 Å². The molecule has 0 saturated heterocycles. The summed E-state index contributed by atoms with van der Waals surface area (Å²) in [6, 6.07) is 13.5. The zero-order chi connectivity index (χ0) is 18.5. The van der Waals surface area contributed by atoms with Gasteiger partial charge in [-0.15, -0.1) is 0 Å². The van der Waals surface area contributed by atoms with Gasteiger partial charge in [-0.2, -0.15) is 0 Å². The molecule has 0 fully saturated rings. The second-order valence-electron chi connectivity index (χ2n) is 5.20. The minimum absolute atomic E-state index is 0.198. The molecule has 0 aliphatic carbocycles. The number of nitrogens with zero attached hydrogens (tertiary/aromatic N) is 2. The highest BCUT2D eigenvalue weighted by Crippen LogP contribution is 2.29. The Kier molecular flexibility index (Phi) is 5.55. The average Bonchev–Trinajstić information content (AvgIpc) is 2.62. The Bertz CT molecular complexity index is 950. The normalized spacial score (nSPS) is 10.3. The number of carbonyl (C=O) groups excluding carboxylic acids is 1. The average molecular weight is 389 g/mol. The summed E-state index contributed by atoms with van der Waals surface area (Å²) < 4.78 is 5.27. The molecule has 0 aliphatic heterocycles. The van der Waals surface area contributed by atoms with Crippen LogP contribution in [0.3, 0.4) is 0 Å². The topological polar surface area (TPSA) is 76.1 Å². The van der Waals surface area contributed by atoms with Gasteiger partial charge in [-0.3, -0.25) is 4.79 Å². The van der Waals surface area contributed by atoms with Gasteiger partial charge in [0.2, 0.25) is 5.95 Å². The van der Waals surface area contributed by atoms with Crippen molar-refractivity contribution in [2.75, 3.05) is 17.7 Å². The molecule has 0 aliphatic rings. The number of rotatable bonds is 5. The molecule has 0 saturated carbocycles. The van der Waals surface area contributed by atoms with E-state index in [2.05, 4.69) is 20.6 Å². The largest absolute Gasteiger partial charge is 0.495 e. The summed E-state index contributed by atoms with van der Waals surface area (Å²) in [5, 5.41) is 6.79. The number of benzene rings is 2. The van der Waals surface area contributed by atoms with Gasteiger partial charge in [-0.05, 0) is 42.5 Å². The van der Waals surface area contributed by atoms with Crippen LogP contribution in [0.4, 0.5) is 17.3 Å². The molecule has 2 aromatic carbocycles. The number of ether oxygens (including phenoxy) is 1. The Morgan fingerprint density at radius 2 is 1.88 bits per heavy atom. The van der Waals surface area contributed by atoms with E-state index in [0.29, 0.717) is 27.2 Å². The first-order chi connectivity index (χ1) is 12.5. The quantitative estimate of drug-likeness (QED) is 0.656. The zero-order valence-electron chi connectivity index (χ0n) is 13.7. The summed E-state index contributed by atoms with van der Waals surface area (Å²) in [6.45, 7) is 0. The Morgan fingerprint density at radius 1 is 1.08 bits per heavy atom. The molecule has 0 radical (unpaired) electrons. The first-order valence-corrected chi connectivity index (χ1v) is 8.31. The molecule has 1 heterocycles. The van der Waals surface area contributed by atoms with E-state index in [1.54, 1.807) is 49.6 Å². The second-order valence-corrected chi connectivity index (χ2v) is 6.07. The number of hydrogen-bond acceptors (Lipinski definition) is 5. The summed E-state index contributed by atoms with van der Waals surface area (Å²) in [7, 11) is 1.55. The highest BCUT2D eigenvalue weighted by atomic mass is 35.5. The van der Waals surface area contributed by atoms with Gasteiger partial charge in [0.05, 0.1) is 12.8 Å². The van der Waals surface area contributed by atoms with E-state index in [-0.39, 0.29) is 17.5 Å².